The van der Waals surface area contributed by atoms with Crippen LogP contribution in [0, 0.1) is 11.8 Å². The molecule has 2 bridgehead atoms. The summed E-state index contributed by atoms with van der Waals surface area (Å²) < 4.78 is 27.1. The maximum absolute atomic E-state index is 12.7. The average molecular weight is 464 g/mol. The highest BCUT2D eigenvalue weighted by atomic mass is 35.5. The van der Waals surface area contributed by atoms with Crippen LogP contribution in [0.15, 0.2) is 53.4 Å². The zero-order chi connectivity index (χ0) is 21.3. The number of amides is 1. The van der Waals surface area contributed by atoms with E-state index in [2.05, 4.69) is 14.9 Å². The van der Waals surface area contributed by atoms with Gasteiger partial charge in [-0.15, -0.1) is 12.4 Å². The molecule has 1 amide bonds. The van der Waals surface area contributed by atoms with Crippen LogP contribution < -0.4 is 10.0 Å². The summed E-state index contributed by atoms with van der Waals surface area (Å²) in [6.07, 6.45) is 2.24. The van der Waals surface area contributed by atoms with Crippen molar-refractivity contribution < 1.29 is 13.2 Å². The molecule has 3 aliphatic heterocycles. The van der Waals surface area contributed by atoms with Crippen molar-refractivity contribution in [3.63, 3.8) is 0 Å². The average Bonchev–Trinajstić information content (AvgIpc) is 2.74. The Morgan fingerprint density at radius 3 is 2.00 bits per heavy atom. The highest BCUT2D eigenvalue weighted by molar-refractivity contribution is 7.89. The molecule has 1 atom stereocenters. The largest absolute Gasteiger partial charge is 0.326 e. The third kappa shape index (κ3) is 5.47. The molecule has 31 heavy (non-hydrogen) atoms. The molecule has 3 saturated heterocycles. The first-order chi connectivity index (χ1) is 14.3. The van der Waals surface area contributed by atoms with Crippen molar-refractivity contribution >= 4 is 34.0 Å². The summed E-state index contributed by atoms with van der Waals surface area (Å²) in [6, 6.07) is 14.4. The Hall–Kier alpha value is -1.93. The number of carbonyl (C=O) groups excluding carboxylic acids is 1. The first-order valence-corrected chi connectivity index (χ1v) is 12.1. The van der Waals surface area contributed by atoms with E-state index in [-0.39, 0.29) is 35.2 Å². The zero-order valence-corrected chi connectivity index (χ0v) is 19.5. The minimum atomic E-state index is -3.49. The molecule has 2 aromatic carbocycles. The smallest absolute Gasteiger partial charge is 0.240 e. The summed E-state index contributed by atoms with van der Waals surface area (Å²) in [5.41, 5.74) is 2.69. The number of piperidine rings is 3. The van der Waals surface area contributed by atoms with Gasteiger partial charge in [0, 0.05) is 18.3 Å². The van der Waals surface area contributed by atoms with Crippen molar-refractivity contribution in [3.8, 4) is 11.1 Å². The highest BCUT2D eigenvalue weighted by Gasteiger charge is 2.38. The Bertz CT molecular complexity index is 999. The van der Waals surface area contributed by atoms with Crippen LogP contribution in [0.1, 0.15) is 26.7 Å². The van der Waals surface area contributed by atoms with Gasteiger partial charge in [-0.25, -0.2) is 13.1 Å². The molecule has 168 valence electrons. The van der Waals surface area contributed by atoms with E-state index in [9.17, 15) is 13.2 Å². The Labute approximate surface area is 190 Å². The molecular weight excluding hydrogens is 434 g/mol. The number of nitrogens with one attached hydrogen (secondary N) is 2. The van der Waals surface area contributed by atoms with Crippen LogP contribution in [0.4, 0.5) is 5.69 Å². The van der Waals surface area contributed by atoms with Crippen LogP contribution in [-0.4, -0.2) is 44.9 Å². The topological polar surface area (TPSA) is 78.5 Å². The predicted molar refractivity (Wildman–Crippen MR) is 126 cm³/mol. The van der Waals surface area contributed by atoms with Crippen molar-refractivity contribution in [1.82, 2.24) is 9.62 Å². The van der Waals surface area contributed by atoms with Gasteiger partial charge in [0.25, 0.3) is 0 Å². The number of anilines is 1. The number of benzene rings is 2. The predicted octanol–water partition coefficient (Wildman–Crippen LogP) is 3.74. The molecule has 2 aromatic rings. The molecule has 2 N–H and O–H groups in total. The summed E-state index contributed by atoms with van der Waals surface area (Å²) in [6.45, 7) is 6.70. The molecule has 0 saturated carbocycles. The minimum Gasteiger partial charge on any atom is -0.326 e. The van der Waals surface area contributed by atoms with Gasteiger partial charge in [-0.1, -0.05) is 24.3 Å². The Morgan fingerprint density at radius 2 is 1.52 bits per heavy atom. The van der Waals surface area contributed by atoms with E-state index < -0.39 is 10.0 Å². The van der Waals surface area contributed by atoms with Crippen molar-refractivity contribution in [2.24, 2.45) is 11.8 Å². The van der Waals surface area contributed by atoms with Gasteiger partial charge in [-0.3, -0.25) is 4.79 Å². The Balaban J connectivity index is 0.00000272. The lowest BCUT2D eigenvalue weighted by molar-refractivity contribution is -0.125. The van der Waals surface area contributed by atoms with Gasteiger partial charge >= 0.3 is 0 Å². The number of nitrogens with zero attached hydrogens (tertiary/aromatic N) is 1. The zero-order valence-electron chi connectivity index (χ0n) is 17.9. The van der Waals surface area contributed by atoms with Gasteiger partial charge in [0.2, 0.25) is 15.9 Å². The Kier molecular flexibility index (Phi) is 7.42. The fourth-order valence-corrected chi connectivity index (χ4v) is 5.70. The number of halogens is 1. The third-order valence-electron chi connectivity index (χ3n) is 6.03. The van der Waals surface area contributed by atoms with Crippen LogP contribution in [0.3, 0.4) is 0 Å². The lowest BCUT2D eigenvalue weighted by atomic mass is 9.78. The molecule has 3 fully saturated rings. The molecule has 0 aliphatic carbocycles. The monoisotopic (exact) mass is 463 g/mol. The summed E-state index contributed by atoms with van der Waals surface area (Å²) in [7, 11) is -3.49. The van der Waals surface area contributed by atoms with Crippen molar-refractivity contribution in [1.29, 1.82) is 0 Å². The molecule has 8 heteroatoms. The molecule has 0 aromatic heterocycles. The fraction of sp³-hybridized carbons (Fsp3) is 0.435. The molecular formula is C23H30ClN3O3S. The second-order valence-electron chi connectivity index (χ2n) is 8.61. The van der Waals surface area contributed by atoms with Crippen LogP contribution in [0.25, 0.3) is 11.1 Å². The summed E-state index contributed by atoms with van der Waals surface area (Å²) >= 11 is 0. The van der Waals surface area contributed by atoms with Crippen molar-refractivity contribution in [2.45, 2.75) is 37.6 Å². The maximum atomic E-state index is 12.7. The Morgan fingerprint density at radius 1 is 0.968 bits per heavy atom. The van der Waals surface area contributed by atoms with Gasteiger partial charge < -0.3 is 10.2 Å². The number of carbonyl (C=O) groups is 1. The van der Waals surface area contributed by atoms with Gasteiger partial charge in [0.15, 0.2) is 0 Å². The lowest BCUT2D eigenvalue weighted by Crippen LogP contribution is -2.51. The summed E-state index contributed by atoms with van der Waals surface area (Å²) in [5.74, 6) is 0.708. The highest BCUT2D eigenvalue weighted by Crippen LogP contribution is 2.33. The molecule has 5 rings (SSSR count). The molecule has 0 spiro atoms. The minimum absolute atomic E-state index is 0. The van der Waals surface area contributed by atoms with E-state index in [0.717, 1.165) is 49.3 Å². The number of hydrogen-bond acceptors (Lipinski definition) is 4. The van der Waals surface area contributed by atoms with E-state index >= 15 is 0 Å². The first kappa shape index (κ1) is 23.7. The van der Waals surface area contributed by atoms with Gasteiger partial charge in [0.05, 0.1) is 10.8 Å². The third-order valence-corrected chi connectivity index (χ3v) is 7.71. The van der Waals surface area contributed by atoms with Crippen molar-refractivity contribution in [2.75, 3.05) is 25.0 Å². The quantitative estimate of drug-likeness (QED) is 0.684. The molecule has 3 heterocycles. The van der Waals surface area contributed by atoms with Crippen LogP contribution in [-0.2, 0) is 14.8 Å². The second kappa shape index (κ2) is 9.69. The number of fused-ring (bicyclic) bond motifs is 3. The number of hydrogen-bond donors (Lipinski definition) is 2. The summed E-state index contributed by atoms with van der Waals surface area (Å²) in [4.78, 5) is 15.4. The second-order valence-corrected chi connectivity index (χ2v) is 10.3. The molecule has 0 unspecified atom stereocenters. The normalized spacial score (nSPS) is 22.7. The fourth-order valence-electron chi connectivity index (χ4n) is 4.45. The van der Waals surface area contributed by atoms with Crippen LogP contribution >= 0.6 is 12.4 Å². The maximum Gasteiger partial charge on any atom is 0.240 e. The van der Waals surface area contributed by atoms with E-state index in [1.165, 1.54) is 0 Å². The number of sulfonamides is 1. The van der Waals surface area contributed by atoms with Gasteiger partial charge in [-0.05, 0) is 81.1 Å². The SMILES string of the molecule is CC(C)NS(=O)(=O)c1ccc(-c2ccc(NC(=O)[C@H]3CN4CCC3CC4)cc2)cc1.Cl. The molecule has 6 nitrogen and oxygen atoms in total. The lowest BCUT2D eigenvalue weighted by Gasteiger charge is -2.43. The standard InChI is InChI=1S/C23H29N3O3S.ClH/c1-16(2)25-30(28,29)21-9-5-18(6-10-21)17-3-7-20(8-4-17)24-23(27)22-15-26-13-11-19(22)12-14-26;/h3-10,16,19,22,25H,11-15H2,1-2H3,(H,24,27);1H/t22-;/m0./s1. The van der Waals surface area contributed by atoms with Crippen LogP contribution in [0.2, 0.25) is 0 Å². The van der Waals surface area contributed by atoms with E-state index in [1.54, 1.807) is 38.1 Å². The molecule has 3 aliphatic rings. The van der Waals surface area contributed by atoms with E-state index in [0.29, 0.717) is 5.92 Å². The van der Waals surface area contributed by atoms with Gasteiger partial charge in [-0.2, -0.15) is 0 Å². The van der Waals surface area contributed by atoms with Crippen molar-refractivity contribution in [3.05, 3.63) is 48.5 Å². The van der Waals surface area contributed by atoms with Gasteiger partial charge in [0.1, 0.15) is 0 Å². The molecule has 0 radical (unpaired) electrons. The number of rotatable bonds is 6. The van der Waals surface area contributed by atoms with Crippen LogP contribution in [0.5, 0.6) is 0 Å². The van der Waals surface area contributed by atoms with E-state index in [4.69, 9.17) is 0 Å². The summed E-state index contributed by atoms with van der Waals surface area (Å²) in [5, 5.41) is 3.07. The van der Waals surface area contributed by atoms with E-state index in [1.807, 2.05) is 24.3 Å². The first-order valence-electron chi connectivity index (χ1n) is 10.6.